The predicted octanol–water partition coefficient (Wildman–Crippen LogP) is -1.06. The van der Waals surface area contributed by atoms with Gasteiger partial charge in [0.15, 0.2) is 0 Å². The van der Waals surface area contributed by atoms with Gasteiger partial charge in [0, 0.05) is 0 Å². The molecule has 2 aliphatic rings. The van der Waals surface area contributed by atoms with E-state index in [-0.39, 0.29) is 5.75 Å². The van der Waals surface area contributed by atoms with Crippen molar-refractivity contribution in [3.05, 3.63) is 54.1 Å². The van der Waals surface area contributed by atoms with E-state index in [9.17, 15) is 24.6 Å². The van der Waals surface area contributed by atoms with Crippen molar-refractivity contribution in [2.45, 2.75) is 12.1 Å². The summed E-state index contributed by atoms with van der Waals surface area (Å²) >= 11 is 0. The van der Waals surface area contributed by atoms with Crippen LogP contribution >= 0.6 is 0 Å². The first-order valence-corrected chi connectivity index (χ1v) is 8.79. The highest BCUT2D eigenvalue weighted by Crippen LogP contribution is 2.43. The summed E-state index contributed by atoms with van der Waals surface area (Å²) in [4.78, 5) is 38.9. The fourth-order valence-electron chi connectivity index (χ4n) is 4.21. The molecule has 2 heterocycles. The molecule has 2 aromatic rings. The number of hydrogen-bond acceptors (Lipinski definition) is 6. The topological polar surface area (TPSA) is 124 Å². The number of phenolic OH excluding ortho intramolecular Hbond substituents is 1. The summed E-state index contributed by atoms with van der Waals surface area (Å²) in [5.74, 6) is -3.95. The minimum Gasteiger partial charge on any atom is -0.544 e. The highest BCUT2D eigenvalue weighted by atomic mass is 16.5. The Labute approximate surface area is 160 Å². The maximum Gasteiger partial charge on any atom is 0.244 e. The van der Waals surface area contributed by atoms with Crippen LogP contribution in [0.1, 0.15) is 11.6 Å². The van der Waals surface area contributed by atoms with E-state index in [2.05, 4.69) is 0 Å². The van der Waals surface area contributed by atoms with Crippen LogP contribution in [0.25, 0.3) is 0 Å². The minimum absolute atomic E-state index is 0.0513. The van der Waals surface area contributed by atoms with Crippen molar-refractivity contribution in [2.75, 3.05) is 12.0 Å². The third kappa shape index (κ3) is 2.61. The second-order valence-corrected chi connectivity index (χ2v) is 6.88. The lowest BCUT2D eigenvalue weighted by atomic mass is 9.86. The molecule has 4 atom stereocenters. The molecule has 2 aromatic carbocycles. The molecule has 3 N–H and O–H groups in total. The van der Waals surface area contributed by atoms with Gasteiger partial charge in [-0.2, -0.15) is 0 Å². The van der Waals surface area contributed by atoms with E-state index in [0.29, 0.717) is 17.0 Å². The molecule has 0 spiro atoms. The van der Waals surface area contributed by atoms with Crippen LogP contribution in [0.5, 0.6) is 11.5 Å². The second kappa shape index (κ2) is 6.65. The number of methoxy groups -OCH3 is 1. The molecule has 4 rings (SSSR count). The Morgan fingerprint density at radius 3 is 2.32 bits per heavy atom. The predicted molar refractivity (Wildman–Crippen MR) is 94.0 cm³/mol. The SMILES string of the molecule is COc1ccc(N2C(=O)[C@@H]3[C@H](C2=O)[C@H](c2ccccc2O)[NH2+][C@@H]3C(=O)[O-])cc1. The molecule has 8 nitrogen and oxygen atoms in total. The van der Waals surface area contributed by atoms with E-state index in [4.69, 9.17) is 4.74 Å². The van der Waals surface area contributed by atoms with E-state index in [1.807, 2.05) is 0 Å². The van der Waals surface area contributed by atoms with Gasteiger partial charge in [0.2, 0.25) is 11.8 Å². The summed E-state index contributed by atoms with van der Waals surface area (Å²) in [5, 5.41) is 23.3. The zero-order chi connectivity index (χ0) is 20.0. The Balaban J connectivity index is 1.76. The highest BCUT2D eigenvalue weighted by Gasteiger charge is 2.63. The number of imide groups is 1. The number of hydrogen-bond donors (Lipinski definition) is 2. The lowest BCUT2D eigenvalue weighted by molar-refractivity contribution is -0.705. The number of para-hydroxylation sites is 1. The van der Waals surface area contributed by atoms with E-state index in [0.717, 1.165) is 4.90 Å². The number of benzene rings is 2. The number of nitrogens with zero attached hydrogens (tertiary/aromatic N) is 1. The number of anilines is 1. The summed E-state index contributed by atoms with van der Waals surface area (Å²) in [6.07, 6.45) is 0. The largest absolute Gasteiger partial charge is 0.544 e. The standard InChI is InChI=1S/C20H18N2O6/c1-28-11-8-6-10(7-9-11)22-18(24)14-15(19(22)25)17(20(26)27)21-16(14)12-4-2-3-5-13(12)23/h2-9,14-17,21,23H,1H3,(H,26,27)/t14-,15+,16-,17-/m0/s1. The first kappa shape index (κ1) is 18.0. The monoisotopic (exact) mass is 382 g/mol. The zero-order valence-electron chi connectivity index (χ0n) is 14.9. The summed E-state index contributed by atoms with van der Waals surface area (Å²) in [6.45, 7) is 0. The second-order valence-electron chi connectivity index (χ2n) is 6.88. The molecule has 8 heteroatoms. The fourth-order valence-corrected chi connectivity index (χ4v) is 4.21. The van der Waals surface area contributed by atoms with Gasteiger partial charge in [0.25, 0.3) is 0 Å². The van der Waals surface area contributed by atoms with Crippen LogP contribution in [0, 0.1) is 11.8 Å². The van der Waals surface area contributed by atoms with Crippen LogP contribution in [0.15, 0.2) is 48.5 Å². The highest BCUT2D eigenvalue weighted by molar-refractivity contribution is 6.23. The number of aliphatic carboxylic acids is 1. The van der Waals surface area contributed by atoms with E-state index in [1.54, 1.807) is 42.5 Å². The number of amides is 2. The van der Waals surface area contributed by atoms with Gasteiger partial charge in [-0.15, -0.1) is 0 Å². The number of quaternary nitrogens is 1. The number of fused-ring (bicyclic) bond motifs is 1. The Hall–Kier alpha value is -3.39. The van der Waals surface area contributed by atoms with Crippen LogP contribution < -0.4 is 20.1 Å². The number of rotatable bonds is 4. The maximum absolute atomic E-state index is 13.2. The summed E-state index contributed by atoms with van der Waals surface area (Å²) in [7, 11) is 1.50. The summed E-state index contributed by atoms with van der Waals surface area (Å²) < 4.78 is 5.09. The normalized spacial score (nSPS) is 26.4. The van der Waals surface area contributed by atoms with Gasteiger partial charge in [0.1, 0.15) is 41.4 Å². The third-order valence-electron chi connectivity index (χ3n) is 5.49. The summed E-state index contributed by atoms with van der Waals surface area (Å²) in [6, 6.07) is 10.9. The van der Waals surface area contributed by atoms with Gasteiger partial charge in [-0.05, 0) is 36.4 Å². The van der Waals surface area contributed by atoms with Crippen molar-refractivity contribution in [1.82, 2.24) is 0 Å². The number of carboxylic acid groups (broad SMARTS) is 1. The molecular formula is C20H18N2O6. The number of carbonyl (C=O) groups excluding carboxylic acids is 3. The molecule has 2 saturated heterocycles. The molecule has 0 aliphatic carbocycles. The maximum atomic E-state index is 13.2. The van der Waals surface area contributed by atoms with Gasteiger partial charge in [-0.1, -0.05) is 12.1 Å². The van der Waals surface area contributed by atoms with Gasteiger partial charge in [-0.25, -0.2) is 4.90 Å². The number of nitrogens with two attached hydrogens (primary N) is 1. The van der Waals surface area contributed by atoms with Gasteiger partial charge < -0.3 is 25.1 Å². The van der Waals surface area contributed by atoms with E-state index in [1.165, 1.54) is 18.5 Å². The Kier molecular flexibility index (Phi) is 4.27. The number of carboxylic acids is 1. The average Bonchev–Trinajstić information content (AvgIpc) is 3.20. The zero-order valence-corrected chi connectivity index (χ0v) is 14.9. The number of ether oxygens (including phenoxy) is 1. The molecule has 2 amide bonds. The number of phenols is 1. The molecule has 0 unspecified atom stereocenters. The van der Waals surface area contributed by atoms with Crippen molar-refractivity contribution in [2.24, 2.45) is 11.8 Å². The molecule has 0 saturated carbocycles. The molecule has 0 aromatic heterocycles. The van der Waals surface area contributed by atoms with Crippen LogP contribution in [0.3, 0.4) is 0 Å². The van der Waals surface area contributed by atoms with Crippen molar-refractivity contribution < 1.29 is 34.7 Å². The van der Waals surface area contributed by atoms with Crippen LogP contribution in [0.4, 0.5) is 5.69 Å². The first-order valence-electron chi connectivity index (χ1n) is 8.79. The smallest absolute Gasteiger partial charge is 0.244 e. The summed E-state index contributed by atoms with van der Waals surface area (Å²) in [5.41, 5.74) is 0.761. The minimum atomic E-state index is -1.41. The Morgan fingerprint density at radius 1 is 1.07 bits per heavy atom. The van der Waals surface area contributed by atoms with Crippen LogP contribution in [0.2, 0.25) is 0 Å². The molecule has 28 heavy (non-hydrogen) atoms. The first-order chi connectivity index (χ1) is 13.4. The van der Waals surface area contributed by atoms with Crippen molar-refractivity contribution in [3.63, 3.8) is 0 Å². The molecule has 2 aliphatic heterocycles. The van der Waals surface area contributed by atoms with E-state index < -0.39 is 41.7 Å². The third-order valence-corrected chi connectivity index (χ3v) is 5.49. The Bertz CT molecular complexity index is 957. The van der Waals surface area contributed by atoms with Crippen LogP contribution in [-0.4, -0.2) is 36.0 Å². The average molecular weight is 382 g/mol. The quantitative estimate of drug-likeness (QED) is 0.650. The van der Waals surface area contributed by atoms with Gasteiger partial charge in [-0.3, -0.25) is 9.59 Å². The molecular weight excluding hydrogens is 364 g/mol. The molecule has 144 valence electrons. The fraction of sp³-hybridized carbons (Fsp3) is 0.250. The van der Waals surface area contributed by atoms with Crippen molar-refractivity contribution in [3.8, 4) is 11.5 Å². The Morgan fingerprint density at radius 2 is 1.71 bits per heavy atom. The molecule has 2 fully saturated rings. The lowest BCUT2D eigenvalue weighted by Crippen LogP contribution is -2.92. The van der Waals surface area contributed by atoms with Gasteiger partial charge >= 0.3 is 0 Å². The molecule has 0 bridgehead atoms. The van der Waals surface area contributed by atoms with E-state index >= 15 is 0 Å². The van der Waals surface area contributed by atoms with Gasteiger partial charge in [0.05, 0.1) is 18.4 Å². The van der Waals surface area contributed by atoms with Crippen molar-refractivity contribution in [1.29, 1.82) is 0 Å². The van der Waals surface area contributed by atoms with Crippen molar-refractivity contribution >= 4 is 23.5 Å². The molecule has 0 radical (unpaired) electrons. The number of carbonyl (C=O) groups is 3. The lowest BCUT2D eigenvalue weighted by Gasteiger charge is -2.21. The van der Waals surface area contributed by atoms with Crippen LogP contribution in [-0.2, 0) is 14.4 Å². The number of aromatic hydroxyl groups is 1.